The number of nitrogens with zero attached hydrogens (tertiary/aromatic N) is 2. The molecule has 1 atom stereocenters. The van der Waals surface area contributed by atoms with E-state index >= 15 is 0 Å². The molecule has 18 heavy (non-hydrogen) atoms. The summed E-state index contributed by atoms with van der Waals surface area (Å²) in [4.78, 5) is 24.2. The zero-order chi connectivity index (χ0) is 13.3. The second-order valence-corrected chi connectivity index (χ2v) is 4.41. The van der Waals surface area contributed by atoms with Crippen LogP contribution in [0.1, 0.15) is 12.5 Å². The molecule has 0 saturated heterocycles. The van der Waals surface area contributed by atoms with E-state index in [9.17, 15) is 14.9 Å². The fraction of sp³-hybridized carbons (Fsp3) is 0.417. The van der Waals surface area contributed by atoms with Gasteiger partial charge in [0, 0.05) is 25.1 Å². The number of fused-ring (bicyclic) bond motifs is 1. The van der Waals surface area contributed by atoms with Crippen LogP contribution in [0.4, 0.5) is 11.4 Å². The molecule has 6 heteroatoms. The lowest BCUT2D eigenvalue weighted by atomic mass is 10.1. The summed E-state index contributed by atoms with van der Waals surface area (Å²) in [6.07, 6.45) is 0.523. The van der Waals surface area contributed by atoms with Crippen molar-refractivity contribution in [3.8, 4) is 0 Å². The summed E-state index contributed by atoms with van der Waals surface area (Å²) in [5.74, 6) is -0.341. The Labute approximate surface area is 105 Å². The van der Waals surface area contributed by atoms with Crippen LogP contribution >= 0.6 is 0 Å². The van der Waals surface area contributed by atoms with Gasteiger partial charge in [-0.1, -0.05) is 13.0 Å². The normalized spacial score (nSPS) is 15.3. The molecular formula is C12H15N3O3. The highest BCUT2D eigenvalue weighted by atomic mass is 16.6. The van der Waals surface area contributed by atoms with E-state index in [4.69, 9.17) is 5.73 Å². The summed E-state index contributed by atoms with van der Waals surface area (Å²) >= 11 is 0. The third kappa shape index (κ3) is 1.95. The zero-order valence-corrected chi connectivity index (χ0v) is 10.1. The Morgan fingerprint density at radius 3 is 2.94 bits per heavy atom. The van der Waals surface area contributed by atoms with E-state index in [1.165, 1.54) is 6.07 Å². The number of carbonyl (C=O) groups is 1. The topological polar surface area (TPSA) is 89.5 Å². The number of hydrogen-bond donors (Lipinski definition) is 1. The molecule has 1 unspecified atom stereocenters. The summed E-state index contributed by atoms with van der Waals surface area (Å²) in [6.45, 7) is 2.53. The third-order valence-corrected chi connectivity index (χ3v) is 3.24. The minimum Gasteiger partial charge on any atom is -0.330 e. The lowest BCUT2D eigenvalue weighted by molar-refractivity contribution is -0.385. The first kappa shape index (κ1) is 12.5. The van der Waals surface area contributed by atoms with Crippen molar-refractivity contribution in [3.05, 3.63) is 33.9 Å². The maximum atomic E-state index is 12.1. The van der Waals surface area contributed by atoms with Gasteiger partial charge in [-0.3, -0.25) is 14.9 Å². The van der Waals surface area contributed by atoms with Gasteiger partial charge in [0.2, 0.25) is 5.91 Å². The van der Waals surface area contributed by atoms with Gasteiger partial charge < -0.3 is 10.6 Å². The highest BCUT2D eigenvalue weighted by Gasteiger charge is 2.31. The Kier molecular flexibility index (Phi) is 3.29. The molecule has 0 spiro atoms. The lowest BCUT2D eigenvalue weighted by Gasteiger charge is -2.20. The smallest absolute Gasteiger partial charge is 0.274 e. The maximum Gasteiger partial charge on any atom is 0.274 e. The second kappa shape index (κ2) is 4.73. The van der Waals surface area contributed by atoms with Crippen LogP contribution in [0.2, 0.25) is 0 Å². The van der Waals surface area contributed by atoms with Crippen molar-refractivity contribution < 1.29 is 9.72 Å². The van der Waals surface area contributed by atoms with E-state index < -0.39 is 4.92 Å². The second-order valence-electron chi connectivity index (χ2n) is 4.41. The van der Waals surface area contributed by atoms with E-state index in [0.29, 0.717) is 24.2 Å². The van der Waals surface area contributed by atoms with Crippen LogP contribution in [0.15, 0.2) is 18.2 Å². The van der Waals surface area contributed by atoms with Crippen LogP contribution in [-0.2, 0) is 11.2 Å². The number of anilines is 1. The first-order chi connectivity index (χ1) is 8.56. The van der Waals surface area contributed by atoms with Crippen LogP contribution in [0.25, 0.3) is 0 Å². The summed E-state index contributed by atoms with van der Waals surface area (Å²) in [6, 6.07) is 4.82. The standard InChI is InChI=1S/C12H15N3O3/c1-8(7-13)12(16)14-6-5-9-10(14)3-2-4-11(9)15(17)18/h2-4,8H,5-7,13H2,1H3. The predicted molar refractivity (Wildman–Crippen MR) is 67.4 cm³/mol. The number of benzene rings is 1. The monoisotopic (exact) mass is 249 g/mol. The van der Waals surface area contributed by atoms with Crippen molar-refractivity contribution >= 4 is 17.3 Å². The Hall–Kier alpha value is -1.95. The number of rotatable bonds is 3. The van der Waals surface area contributed by atoms with Crippen molar-refractivity contribution in [1.29, 1.82) is 0 Å². The average molecular weight is 249 g/mol. The fourth-order valence-electron chi connectivity index (χ4n) is 2.18. The van der Waals surface area contributed by atoms with Crippen LogP contribution < -0.4 is 10.6 Å². The molecule has 0 aliphatic carbocycles. The van der Waals surface area contributed by atoms with E-state index in [-0.39, 0.29) is 24.1 Å². The predicted octanol–water partition coefficient (Wildman–Crippen LogP) is 1.08. The van der Waals surface area contributed by atoms with E-state index in [1.807, 2.05) is 0 Å². The maximum absolute atomic E-state index is 12.1. The molecule has 0 radical (unpaired) electrons. The van der Waals surface area contributed by atoms with Gasteiger partial charge in [0.1, 0.15) is 0 Å². The molecule has 2 N–H and O–H groups in total. The average Bonchev–Trinajstić information content (AvgIpc) is 2.80. The summed E-state index contributed by atoms with van der Waals surface area (Å²) in [5, 5.41) is 10.9. The van der Waals surface area contributed by atoms with Gasteiger partial charge >= 0.3 is 0 Å². The Bertz CT molecular complexity index is 501. The minimum absolute atomic E-state index is 0.0725. The molecule has 1 aromatic carbocycles. The van der Waals surface area contributed by atoms with E-state index in [2.05, 4.69) is 0 Å². The molecule has 0 aromatic heterocycles. The first-order valence-electron chi connectivity index (χ1n) is 5.84. The number of carbonyl (C=O) groups excluding carboxylic acids is 1. The summed E-state index contributed by atoms with van der Waals surface area (Å²) < 4.78 is 0. The van der Waals surface area contributed by atoms with Gasteiger partial charge in [0.05, 0.1) is 16.2 Å². The zero-order valence-electron chi connectivity index (χ0n) is 10.1. The van der Waals surface area contributed by atoms with E-state index in [1.54, 1.807) is 24.0 Å². The highest BCUT2D eigenvalue weighted by Crippen LogP contribution is 2.35. The quantitative estimate of drug-likeness (QED) is 0.641. The van der Waals surface area contributed by atoms with Gasteiger partial charge in [0.15, 0.2) is 0 Å². The van der Waals surface area contributed by atoms with Crippen molar-refractivity contribution in [1.82, 2.24) is 0 Å². The van der Waals surface area contributed by atoms with Crippen LogP contribution in [0, 0.1) is 16.0 Å². The molecule has 2 rings (SSSR count). The van der Waals surface area contributed by atoms with Crippen LogP contribution in [-0.4, -0.2) is 23.9 Å². The molecule has 1 aliphatic rings. The molecule has 0 fully saturated rings. The van der Waals surface area contributed by atoms with Gasteiger partial charge in [0.25, 0.3) is 5.69 Å². The van der Waals surface area contributed by atoms with Crippen molar-refractivity contribution in [3.63, 3.8) is 0 Å². The van der Waals surface area contributed by atoms with Crippen LogP contribution in [0.5, 0.6) is 0 Å². The summed E-state index contributed by atoms with van der Waals surface area (Å²) in [5.41, 5.74) is 6.86. The van der Waals surface area contributed by atoms with Gasteiger partial charge in [-0.25, -0.2) is 0 Å². The van der Waals surface area contributed by atoms with Crippen molar-refractivity contribution in [2.75, 3.05) is 18.0 Å². The molecular weight excluding hydrogens is 234 g/mol. The number of nitro groups is 1. The SMILES string of the molecule is CC(CN)C(=O)N1CCc2c1cccc2[N+](=O)[O-]. The largest absolute Gasteiger partial charge is 0.330 e. The fourth-order valence-corrected chi connectivity index (χ4v) is 2.18. The van der Waals surface area contributed by atoms with E-state index in [0.717, 1.165) is 0 Å². The Morgan fingerprint density at radius 2 is 2.33 bits per heavy atom. The number of nitro benzene ring substituents is 1. The van der Waals surface area contributed by atoms with Gasteiger partial charge in [-0.05, 0) is 12.5 Å². The molecule has 96 valence electrons. The molecule has 0 saturated carbocycles. The van der Waals surface area contributed by atoms with Crippen LogP contribution in [0.3, 0.4) is 0 Å². The number of amides is 1. The first-order valence-corrected chi connectivity index (χ1v) is 5.84. The summed E-state index contributed by atoms with van der Waals surface area (Å²) in [7, 11) is 0. The molecule has 1 heterocycles. The van der Waals surface area contributed by atoms with Gasteiger partial charge in [-0.15, -0.1) is 0 Å². The molecule has 1 aliphatic heterocycles. The number of hydrogen-bond acceptors (Lipinski definition) is 4. The highest BCUT2D eigenvalue weighted by molar-refractivity contribution is 5.97. The minimum atomic E-state index is -0.404. The Balaban J connectivity index is 2.37. The molecule has 1 aromatic rings. The molecule has 1 amide bonds. The van der Waals surface area contributed by atoms with Crippen molar-refractivity contribution in [2.45, 2.75) is 13.3 Å². The van der Waals surface area contributed by atoms with Crippen molar-refractivity contribution in [2.24, 2.45) is 11.7 Å². The Morgan fingerprint density at radius 1 is 1.61 bits per heavy atom. The number of nitrogens with two attached hydrogens (primary N) is 1. The molecule has 0 bridgehead atoms. The third-order valence-electron chi connectivity index (χ3n) is 3.24. The lowest BCUT2D eigenvalue weighted by Crippen LogP contribution is -2.36. The van der Waals surface area contributed by atoms with Gasteiger partial charge in [-0.2, -0.15) is 0 Å². The molecule has 6 nitrogen and oxygen atoms in total.